The average molecular weight is 370 g/mol. The Morgan fingerprint density at radius 1 is 0.964 bits per heavy atom. The van der Waals surface area contributed by atoms with E-state index in [1.165, 1.54) is 0 Å². The van der Waals surface area contributed by atoms with E-state index in [1.807, 2.05) is 60.7 Å². The van der Waals surface area contributed by atoms with Crippen LogP contribution in [0.2, 0.25) is 0 Å². The molecule has 2 N–H and O–H groups in total. The zero-order valence-corrected chi connectivity index (χ0v) is 16.0. The van der Waals surface area contributed by atoms with Crippen LogP contribution in [0.3, 0.4) is 0 Å². The first-order valence-corrected chi connectivity index (χ1v) is 9.45. The number of carbonyl (C=O) groups excluding carboxylic acids is 1. The SMILES string of the molecule is CC(C)c1cc(=O)[nH]c2cc(NC(=O)Cc3cccc4ccccc34)ccc12. The summed E-state index contributed by atoms with van der Waals surface area (Å²) >= 11 is 0. The first-order valence-electron chi connectivity index (χ1n) is 9.45. The zero-order chi connectivity index (χ0) is 19.7. The Hall–Kier alpha value is -3.40. The number of carbonyl (C=O) groups is 1. The van der Waals surface area contributed by atoms with Gasteiger partial charge in [-0.25, -0.2) is 0 Å². The number of fused-ring (bicyclic) bond motifs is 2. The van der Waals surface area contributed by atoms with E-state index >= 15 is 0 Å². The molecule has 0 bridgehead atoms. The standard InChI is InChI=1S/C24H22N2O2/c1-15(2)21-14-24(28)26-22-13-18(10-11-20(21)22)25-23(27)12-17-8-5-7-16-6-3-4-9-19(16)17/h3-11,13-15H,12H2,1-2H3,(H,25,27)(H,26,28). The summed E-state index contributed by atoms with van der Waals surface area (Å²) in [4.78, 5) is 27.5. The van der Waals surface area contributed by atoms with Crippen LogP contribution < -0.4 is 10.9 Å². The molecular weight excluding hydrogens is 348 g/mol. The normalized spacial score (nSPS) is 11.2. The summed E-state index contributed by atoms with van der Waals surface area (Å²) in [6.07, 6.45) is 0.294. The van der Waals surface area contributed by atoms with Crippen molar-refractivity contribution >= 4 is 33.3 Å². The van der Waals surface area contributed by atoms with E-state index in [9.17, 15) is 9.59 Å². The van der Waals surface area contributed by atoms with Crippen LogP contribution in [0.4, 0.5) is 5.69 Å². The Bertz CT molecular complexity index is 1230. The maximum atomic E-state index is 12.6. The summed E-state index contributed by atoms with van der Waals surface area (Å²) in [5.74, 6) is 0.162. The largest absolute Gasteiger partial charge is 0.326 e. The predicted octanol–water partition coefficient (Wildman–Crippen LogP) is 4.99. The van der Waals surface area contributed by atoms with Crippen molar-refractivity contribution in [1.82, 2.24) is 4.98 Å². The maximum Gasteiger partial charge on any atom is 0.248 e. The number of aromatic nitrogens is 1. The van der Waals surface area contributed by atoms with Crippen molar-refractivity contribution in [2.24, 2.45) is 0 Å². The third-order valence-electron chi connectivity index (χ3n) is 5.01. The molecule has 4 nitrogen and oxygen atoms in total. The molecule has 0 atom stereocenters. The van der Waals surface area contributed by atoms with Crippen LogP contribution in [-0.2, 0) is 11.2 Å². The second-order valence-electron chi connectivity index (χ2n) is 7.37. The maximum absolute atomic E-state index is 12.6. The molecule has 0 aliphatic carbocycles. The van der Waals surface area contributed by atoms with Gasteiger partial charge in [0.05, 0.1) is 11.9 Å². The highest BCUT2D eigenvalue weighted by Crippen LogP contribution is 2.25. The summed E-state index contributed by atoms with van der Waals surface area (Å²) < 4.78 is 0. The molecule has 0 spiro atoms. The number of H-pyrrole nitrogens is 1. The minimum absolute atomic E-state index is 0.0851. The number of anilines is 1. The van der Waals surface area contributed by atoms with Crippen LogP contribution in [0, 0.1) is 0 Å². The number of pyridine rings is 1. The van der Waals surface area contributed by atoms with Gasteiger partial charge < -0.3 is 10.3 Å². The van der Waals surface area contributed by atoms with E-state index in [1.54, 1.807) is 6.07 Å². The van der Waals surface area contributed by atoms with Gasteiger partial charge in [-0.15, -0.1) is 0 Å². The molecule has 0 saturated heterocycles. The highest BCUT2D eigenvalue weighted by Gasteiger charge is 2.10. The molecule has 140 valence electrons. The van der Waals surface area contributed by atoms with Gasteiger partial charge in [0.2, 0.25) is 11.5 Å². The molecule has 0 saturated carbocycles. The lowest BCUT2D eigenvalue weighted by atomic mass is 9.98. The fourth-order valence-corrected chi connectivity index (χ4v) is 3.67. The van der Waals surface area contributed by atoms with Crippen LogP contribution in [0.5, 0.6) is 0 Å². The zero-order valence-electron chi connectivity index (χ0n) is 16.0. The van der Waals surface area contributed by atoms with Crippen LogP contribution in [0.1, 0.15) is 30.9 Å². The van der Waals surface area contributed by atoms with Gasteiger partial charge in [0.15, 0.2) is 0 Å². The van der Waals surface area contributed by atoms with Gasteiger partial charge in [-0.2, -0.15) is 0 Å². The Kier molecular flexibility index (Phi) is 4.70. The number of aromatic amines is 1. The van der Waals surface area contributed by atoms with Crippen LogP contribution >= 0.6 is 0 Å². The molecular formula is C24H22N2O2. The van der Waals surface area contributed by atoms with Crippen molar-refractivity contribution < 1.29 is 4.79 Å². The molecule has 28 heavy (non-hydrogen) atoms. The molecule has 1 amide bonds. The third-order valence-corrected chi connectivity index (χ3v) is 5.01. The summed E-state index contributed by atoms with van der Waals surface area (Å²) in [6.45, 7) is 4.13. The lowest BCUT2D eigenvalue weighted by Gasteiger charge is -2.12. The number of nitrogens with one attached hydrogen (secondary N) is 2. The second-order valence-corrected chi connectivity index (χ2v) is 7.37. The van der Waals surface area contributed by atoms with E-state index in [2.05, 4.69) is 24.1 Å². The van der Waals surface area contributed by atoms with E-state index in [0.29, 0.717) is 12.1 Å². The van der Waals surface area contributed by atoms with Crippen molar-refractivity contribution in [3.05, 3.63) is 88.2 Å². The van der Waals surface area contributed by atoms with Crippen LogP contribution in [0.15, 0.2) is 71.5 Å². The van der Waals surface area contributed by atoms with Crippen molar-refractivity contribution in [3.63, 3.8) is 0 Å². The molecule has 1 aromatic heterocycles. The number of amides is 1. The number of benzene rings is 3. The monoisotopic (exact) mass is 370 g/mol. The second kappa shape index (κ2) is 7.31. The lowest BCUT2D eigenvalue weighted by molar-refractivity contribution is -0.115. The highest BCUT2D eigenvalue weighted by molar-refractivity contribution is 5.97. The fourth-order valence-electron chi connectivity index (χ4n) is 3.67. The topological polar surface area (TPSA) is 62.0 Å². The summed E-state index contributed by atoms with van der Waals surface area (Å²) in [5.41, 5.74) is 3.28. The van der Waals surface area contributed by atoms with Crippen LogP contribution in [-0.4, -0.2) is 10.9 Å². The molecule has 4 rings (SSSR count). The van der Waals surface area contributed by atoms with Gasteiger partial charge in [0.25, 0.3) is 0 Å². The van der Waals surface area contributed by atoms with Gasteiger partial charge in [-0.3, -0.25) is 9.59 Å². The Balaban J connectivity index is 1.61. The first kappa shape index (κ1) is 18.0. The quantitative estimate of drug-likeness (QED) is 0.532. The smallest absolute Gasteiger partial charge is 0.248 e. The molecule has 0 fully saturated rings. The summed E-state index contributed by atoms with van der Waals surface area (Å²) in [5, 5.41) is 6.17. The van der Waals surface area contributed by atoms with Crippen molar-refractivity contribution in [2.45, 2.75) is 26.2 Å². The van der Waals surface area contributed by atoms with E-state index in [-0.39, 0.29) is 17.4 Å². The molecule has 4 aromatic rings. The van der Waals surface area contributed by atoms with Crippen molar-refractivity contribution in [2.75, 3.05) is 5.32 Å². The average Bonchev–Trinajstić information content (AvgIpc) is 2.67. The molecule has 1 heterocycles. The van der Waals surface area contributed by atoms with Gasteiger partial charge in [0.1, 0.15) is 0 Å². The third kappa shape index (κ3) is 3.54. The van der Waals surface area contributed by atoms with Gasteiger partial charge in [-0.1, -0.05) is 62.4 Å². The van der Waals surface area contributed by atoms with Crippen molar-refractivity contribution in [1.29, 1.82) is 0 Å². The fraction of sp³-hybridized carbons (Fsp3) is 0.167. The Labute approximate surface area is 163 Å². The molecule has 0 aliphatic rings. The van der Waals surface area contributed by atoms with Gasteiger partial charge in [-0.05, 0) is 39.9 Å². The van der Waals surface area contributed by atoms with Gasteiger partial charge >= 0.3 is 0 Å². The Morgan fingerprint density at radius 2 is 1.75 bits per heavy atom. The predicted molar refractivity (Wildman–Crippen MR) is 115 cm³/mol. The Morgan fingerprint density at radius 3 is 2.57 bits per heavy atom. The van der Waals surface area contributed by atoms with Crippen LogP contribution in [0.25, 0.3) is 21.7 Å². The summed E-state index contributed by atoms with van der Waals surface area (Å²) in [7, 11) is 0. The minimum atomic E-state index is -0.129. The summed E-state index contributed by atoms with van der Waals surface area (Å²) in [6, 6.07) is 21.4. The molecule has 0 unspecified atom stereocenters. The van der Waals surface area contributed by atoms with Gasteiger partial charge in [0, 0.05) is 17.1 Å². The molecule has 0 aliphatic heterocycles. The van der Waals surface area contributed by atoms with E-state index in [4.69, 9.17) is 0 Å². The minimum Gasteiger partial charge on any atom is -0.326 e. The molecule has 0 radical (unpaired) electrons. The first-order chi connectivity index (χ1) is 13.5. The van der Waals surface area contributed by atoms with E-state index in [0.717, 1.165) is 32.8 Å². The molecule has 4 heteroatoms. The highest BCUT2D eigenvalue weighted by atomic mass is 16.1. The lowest BCUT2D eigenvalue weighted by Crippen LogP contribution is -2.15. The van der Waals surface area contributed by atoms with E-state index < -0.39 is 0 Å². The van der Waals surface area contributed by atoms with Crippen molar-refractivity contribution in [3.8, 4) is 0 Å². The number of rotatable bonds is 4. The number of hydrogen-bond donors (Lipinski definition) is 2. The number of hydrogen-bond acceptors (Lipinski definition) is 2. The molecule has 3 aromatic carbocycles.